The van der Waals surface area contributed by atoms with Crippen LogP contribution in [0.2, 0.25) is 0 Å². The van der Waals surface area contributed by atoms with Gasteiger partial charge in [0.15, 0.2) is 0 Å². The zero-order chi connectivity index (χ0) is 12.9. The Morgan fingerprint density at radius 3 is 2.41 bits per heavy atom. The standard InChI is InChI=1S/C14H21NOS/c1-12(2)10-11-15-17(16)14(3,4)13-8-6-5-7-9-13/h5-9,11-12H,10H2,1-4H3/b15-11+/t17-/m1/s1. The normalized spacial score (nSPS) is 14.4. The molecule has 17 heavy (non-hydrogen) atoms. The summed E-state index contributed by atoms with van der Waals surface area (Å²) < 4.78 is 15.9. The monoisotopic (exact) mass is 251 g/mol. The van der Waals surface area contributed by atoms with Crippen LogP contribution in [-0.4, -0.2) is 10.4 Å². The van der Waals surface area contributed by atoms with Crippen LogP contribution in [0.3, 0.4) is 0 Å². The van der Waals surface area contributed by atoms with E-state index in [1.54, 1.807) is 6.21 Å². The van der Waals surface area contributed by atoms with Crippen LogP contribution >= 0.6 is 0 Å². The fourth-order valence-electron chi connectivity index (χ4n) is 1.39. The van der Waals surface area contributed by atoms with Gasteiger partial charge in [-0.25, -0.2) is 4.21 Å². The molecule has 0 heterocycles. The summed E-state index contributed by atoms with van der Waals surface area (Å²) in [6.07, 6.45) is 2.65. The Balaban J connectivity index is 2.77. The molecule has 2 nitrogen and oxygen atoms in total. The van der Waals surface area contributed by atoms with Gasteiger partial charge in [-0.2, -0.15) is 4.40 Å². The first-order valence-corrected chi connectivity index (χ1v) is 7.05. The number of nitrogens with zero attached hydrogens (tertiary/aromatic N) is 1. The van der Waals surface area contributed by atoms with Crippen molar-refractivity contribution in [2.45, 2.75) is 38.9 Å². The number of hydrogen-bond donors (Lipinski definition) is 0. The molecule has 1 atom stereocenters. The Labute approximate surface area is 107 Å². The Kier molecular flexibility index (Phi) is 5.06. The van der Waals surface area contributed by atoms with Crippen molar-refractivity contribution in [3.05, 3.63) is 35.9 Å². The van der Waals surface area contributed by atoms with Gasteiger partial charge < -0.3 is 0 Å². The second-order valence-corrected chi connectivity index (χ2v) is 6.77. The zero-order valence-corrected chi connectivity index (χ0v) is 11.8. The van der Waals surface area contributed by atoms with Crippen LogP contribution in [0.1, 0.15) is 39.7 Å². The summed E-state index contributed by atoms with van der Waals surface area (Å²) in [6, 6.07) is 9.88. The van der Waals surface area contributed by atoms with Gasteiger partial charge in [0.1, 0.15) is 11.0 Å². The zero-order valence-electron chi connectivity index (χ0n) is 11.0. The van der Waals surface area contributed by atoms with E-state index in [-0.39, 0.29) is 0 Å². The Hall–Kier alpha value is -0.960. The molecule has 0 fully saturated rings. The minimum absolute atomic E-state index is 0.436. The summed E-state index contributed by atoms with van der Waals surface area (Å²) in [4.78, 5) is 0. The number of benzene rings is 1. The molecule has 1 rings (SSSR count). The van der Waals surface area contributed by atoms with Crippen molar-refractivity contribution in [3.8, 4) is 0 Å². The maximum absolute atomic E-state index is 12.2. The molecule has 94 valence electrons. The molecule has 1 aromatic rings. The van der Waals surface area contributed by atoms with Crippen molar-refractivity contribution in [2.75, 3.05) is 0 Å². The molecule has 0 saturated carbocycles. The Morgan fingerprint density at radius 1 is 1.29 bits per heavy atom. The van der Waals surface area contributed by atoms with E-state index in [0.717, 1.165) is 12.0 Å². The van der Waals surface area contributed by atoms with Crippen LogP contribution in [0, 0.1) is 5.92 Å². The third kappa shape index (κ3) is 4.08. The van der Waals surface area contributed by atoms with E-state index < -0.39 is 15.7 Å². The minimum Gasteiger partial charge on any atom is -0.234 e. The van der Waals surface area contributed by atoms with Gasteiger partial charge in [0.2, 0.25) is 0 Å². The van der Waals surface area contributed by atoms with E-state index in [1.165, 1.54) is 0 Å². The van der Waals surface area contributed by atoms with Gasteiger partial charge in [-0.3, -0.25) is 0 Å². The summed E-state index contributed by atoms with van der Waals surface area (Å²) >= 11 is 0. The predicted molar refractivity (Wildman–Crippen MR) is 75.6 cm³/mol. The first kappa shape index (κ1) is 14.1. The second-order valence-electron chi connectivity index (χ2n) is 5.04. The van der Waals surface area contributed by atoms with Crippen molar-refractivity contribution < 1.29 is 4.21 Å². The lowest BCUT2D eigenvalue weighted by atomic mass is 10.0. The van der Waals surface area contributed by atoms with E-state index in [2.05, 4.69) is 18.2 Å². The highest BCUT2D eigenvalue weighted by Crippen LogP contribution is 2.27. The van der Waals surface area contributed by atoms with Gasteiger partial charge in [0, 0.05) is 6.21 Å². The molecule has 0 saturated heterocycles. The van der Waals surface area contributed by atoms with E-state index in [0.29, 0.717) is 5.92 Å². The molecule has 0 spiro atoms. The lowest BCUT2D eigenvalue weighted by Crippen LogP contribution is -2.22. The topological polar surface area (TPSA) is 29.4 Å². The highest BCUT2D eigenvalue weighted by atomic mass is 32.2. The maximum Gasteiger partial charge on any atom is 0.149 e. The lowest BCUT2D eigenvalue weighted by Gasteiger charge is -2.21. The highest BCUT2D eigenvalue weighted by molar-refractivity contribution is 7.84. The van der Waals surface area contributed by atoms with Crippen LogP contribution in [-0.2, 0) is 15.7 Å². The number of hydrogen-bond acceptors (Lipinski definition) is 1. The molecule has 0 radical (unpaired) electrons. The lowest BCUT2D eigenvalue weighted by molar-refractivity contribution is 0.644. The fourth-order valence-corrected chi connectivity index (χ4v) is 2.22. The molecule has 0 N–H and O–H groups in total. The van der Waals surface area contributed by atoms with Crippen molar-refractivity contribution in [1.82, 2.24) is 0 Å². The van der Waals surface area contributed by atoms with Gasteiger partial charge in [-0.15, -0.1) is 0 Å². The van der Waals surface area contributed by atoms with Gasteiger partial charge in [0.05, 0.1) is 4.75 Å². The second kappa shape index (κ2) is 6.10. The van der Waals surface area contributed by atoms with Crippen LogP contribution in [0.25, 0.3) is 0 Å². The Morgan fingerprint density at radius 2 is 1.88 bits per heavy atom. The molecular weight excluding hydrogens is 230 g/mol. The quantitative estimate of drug-likeness (QED) is 0.734. The summed E-state index contributed by atoms with van der Waals surface area (Å²) in [6.45, 7) is 8.17. The summed E-state index contributed by atoms with van der Waals surface area (Å²) in [5.41, 5.74) is 1.06. The van der Waals surface area contributed by atoms with Gasteiger partial charge >= 0.3 is 0 Å². The maximum atomic E-state index is 12.2. The third-order valence-corrected chi connectivity index (χ3v) is 4.10. The van der Waals surface area contributed by atoms with Crippen LogP contribution < -0.4 is 0 Å². The molecule has 0 aliphatic rings. The average Bonchev–Trinajstić information content (AvgIpc) is 2.29. The van der Waals surface area contributed by atoms with Crippen LogP contribution in [0.15, 0.2) is 34.7 Å². The molecule has 0 amide bonds. The first-order valence-electron chi connectivity index (χ1n) is 5.94. The van der Waals surface area contributed by atoms with Crippen molar-refractivity contribution in [1.29, 1.82) is 0 Å². The first-order chi connectivity index (χ1) is 7.94. The largest absolute Gasteiger partial charge is 0.234 e. The van der Waals surface area contributed by atoms with Crippen LogP contribution in [0.5, 0.6) is 0 Å². The summed E-state index contributed by atoms with van der Waals surface area (Å²) in [7, 11) is -1.23. The van der Waals surface area contributed by atoms with E-state index in [4.69, 9.17) is 0 Å². The summed E-state index contributed by atoms with van der Waals surface area (Å²) in [5.74, 6) is 0.551. The Bertz CT molecular complexity index is 396. The van der Waals surface area contributed by atoms with Crippen LogP contribution in [0.4, 0.5) is 0 Å². The van der Waals surface area contributed by atoms with Gasteiger partial charge in [0.25, 0.3) is 0 Å². The van der Waals surface area contributed by atoms with Crippen molar-refractivity contribution >= 4 is 17.2 Å². The molecule has 0 bridgehead atoms. The number of rotatable bonds is 5. The smallest absolute Gasteiger partial charge is 0.149 e. The minimum atomic E-state index is -1.23. The predicted octanol–water partition coefficient (Wildman–Crippen LogP) is 3.70. The summed E-state index contributed by atoms with van der Waals surface area (Å²) in [5, 5.41) is 0. The average molecular weight is 251 g/mol. The fraction of sp³-hybridized carbons (Fsp3) is 0.500. The molecule has 0 aliphatic heterocycles. The van der Waals surface area contributed by atoms with Crippen molar-refractivity contribution in [3.63, 3.8) is 0 Å². The van der Waals surface area contributed by atoms with E-state index in [1.807, 2.05) is 44.2 Å². The van der Waals surface area contributed by atoms with Crippen molar-refractivity contribution in [2.24, 2.45) is 10.3 Å². The molecule has 0 aliphatic carbocycles. The van der Waals surface area contributed by atoms with Gasteiger partial charge in [-0.1, -0.05) is 44.2 Å². The molecule has 0 unspecified atom stereocenters. The highest BCUT2D eigenvalue weighted by Gasteiger charge is 2.27. The molecular formula is C14H21NOS. The van der Waals surface area contributed by atoms with Gasteiger partial charge in [-0.05, 0) is 31.7 Å². The molecule has 1 aromatic carbocycles. The SMILES string of the molecule is CC(C)C/C=N/[S@](=O)C(C)(C)c1ccccc1. The van der Waals surface area contributed by atoms with E-state index >= 15 is 0 Å². The molecule has 3 heteroatoms. The molecule has 0 aromatic heterocycles. The third-order valence-electron chi connectivity index (χ3n) is 2.65. The van der Waals surface area contributed by atoms with E-state index in [9.17, 15) is 4.21 Å².